The summed E-state index contributed by atoms with van der Waals surface area (Å²) < 4.78 is 13.0. The molecule has 0 unspecified atom stereocenters. The standard InChI is InChI=1S/C17H19FN4O2/c18-13-6-4-12(5-7-13)16-14(11-20-21-16)17(24)19-8-2-10-22-9-1-3-15(22)23/h4-7,11H,1-3,8-10H2,(H,19,24)(H,20,21). The minimum Gasteiger partial charge on any atom is -0.352 e. The molecule has 1 aromatic heterocycles. The van der Waals surface area contributed by atoms with Gasteiger partial charge in [-0.1, -0.05) is 0 Å². The van der Waals surface area contributed by atoms with Gasteiger partial charge in [0.1, 0.15) is 5.82 Å². The maximum absolute atomic E-state index is 13.0. The van der Waals surface area contributed by atoms with Crippen molar-refractivity contribution < 1.29 is 14.0 Å². The molecule has 0 bridgehead atoms. The zero-order valence-electron chi connectivity index (χ0n) is 13.2. The third-order valence-electron chi connectivity index (χ3n) is 4.08. The van der Waals surface area contributed by atoms with E-state index in [1.165, 1.54) is 18.3 Å². The number of aromatic nitrogens is 2. The molecule has 7 heteroatoms. The topological polar surface area (TPSA) is 78.1 Å². The minimum absolute atomic E-state index is 0.190. The first-order chi connectivity index (χ1) is 11.6. The van der Waals surface area contributed by atoms with Crippen molar-refractivity contribution in [3.63, 3.8) is 0 Å². The van der Waals surface area contributed by atoms with E-state index in [1.807, 2.05) is 4.90 Å². The molecule has 1 aliphatic rings. The normalized spacial score (nSPS) is 14.2. The van der Waals surface area contributed by atoms with Crippen molar-refractivity contribution in [1.82, 2.24) is 20.4 Å². The Balaban J connectivity index is 1.55. The lowest BCUT2D eigenvalue weighted by Gasteiger charge is -2.15. The average Bonchev–Trinajstić information content (AvgIpc) is 3.21. The number of likely N-dealkylation sites (tertiary alicyclic amines) is 1. The van der Waals surface area contributed by atoms with Gasteiger partial charge in [-0.15, -0.1) is 0 Å². The Morgan fingerprint density at radius 1 is 1.33 bits per heavy atom. The third-order valence-corrected chi connectivity index (χ3v) is 4.08. The number of H-pyrrole nitrogens is 1. The average molecular weight is 330 g/mol. The van der Waals surface area contributed by atoms with E-state index in [1.54, 1.807) is 12.1 Å². The van der Waals surface area contributed by atoms with E-state index >= 15 is 0 Å². The zero-order valence-corrected chi connectivity index (χ0v) is 13.2. The van der Waals surface area contributed by atoms with Gasteiger partial charge in [-0.2, -0.15) is 5.10 Å². The summed E-state index contributed by atoms with van der Waals surface area (Å²) in [6.45, 7) is 1.95. The van der Waals surface area contributed by atoms with E-state index < -0.39 is 0 Å². The van der Waals surface area contributed by atoms with Crippen molar-refractivity contribution in [3.8, 4) is 11.3 Å². The molecule has 0 saturated carbocycles. The van der Waals surface area contributed by atoms with Gasteiger partial charge in [0.15, 0.2) is 0 Å². The molecule has 2 amide bonds. The molecular formula is C17H19FN4O2. The molecule has 0 aliphatic carbocycles. The lowest BCUT2D eigenvalue weighted by molar-refractivity contribution is -0.127. The Labute approximate surface area is 139 Å². The lowest BCUT2D eigenvalue weighted by Crippen LogP contribution is -2.30. The smallest absolute Gasteiger partial charge is 0.255 e. The number of nitrogens with zero attached hydrogens (tertiary/aromatic N) is 2. The van der Waals surface area contributed by atoms with Crippen LogP contribution < -0.4 is 5.32 Å². The van der Waals surface area contributed by atoms with Crippen LogP contribution >= 0.6 is 0 Å². The number of aromatic amines is 1. The molecule has 2 heterocycles. The molecule has 0 spiro atoms. The molecule has 0 radical (unpaired) electrons. The molecule has 2 N–H and O–H groups in total. The Kier molecular flexibility index (Phi) is 4.88. The lowest BCUT2D eigenvalue weighted by atomic mass is 10.1. The van der Waals surface area contributed by atoms with Crippen LogP contribution in [0.1, 0.15) is 29.6 Å². The first-order valence-electron chi connectivity index (χ1n) is 8.00. The van der Waals surface area contributed by atoms with E-state index in [-0.39, 0.29) is 17.6 Å². The molecule has 0 atom stereocenters. The minimum atomic E-state index is -0.333. The monoisotopic (exact) mass is 330 g/mol. The van der Waals surface area contributed by atoms with Gasteiger partial charge in [0, 0.05) is 31.6 Å². The quantitative estimate of drug-likeness (QED) is 0.795. The van der Waals surface area contributed by atoms with Crippen molar-refractivity contribution in [1.29, 1.82) is 0 Å². The van der Waals surface area contributed by atoms with Gasteiger partial charge in [-0.3, -0.25) is 14.7 Å². The second-order valence-electron chi connectivity index (χ2n) is 5.76. The summed E-state index contributed by atoms with van der Waals surface area (Å²) in [4.78, 5) is 25.6. The van der Waals surface area contributed by atoms with Gasteiger partial charge >= 0.3 is 0 Å². The highest BCUT2D eigenvalue weighted by Gasteiger charge is 2.19. The van der Waals surface area contributed by atoms with E-state index in [9.17, 15) is 14.0 Å². The summed E-state index contributed by atoms with van der Waals surface area (Å²) in [5, 5.41) is 9.52. The second kappa shape index (κ2) is 7.25. The summed E-state index contributed by atoms with van der Waals surface area (Å²) in [5.41, 5.74) is 1.67. The number of hydrogen-bond donors (Lipinski definition) is 2. The van der Waals surface area contributed by atoms with Crippen LogP contribution in [0.3, 0.4) is 0 Å². The van der Waals surface area contributed by atoms with E-state index in [4.69, 9.17) is 0 Å². The maximum Gasteiger partial charge on any atom is 0.255 e. The number of carbonyl (C=O) groups excluding carboxylic acids is 2. The van der Waals surface area contributed by atoms with Gasteiger partial charge in [0.25, 0.3) is 5.91 Å². The first kappa shape index (κ1) is 16.2. The number of rotatable bonds is 6. The van der Waals surface area contributed by atoms with Crippen LogP contribution in [0.25, 0.3) is 11.3 Å². The first-order valence-corrected chi connectivity index (χ1v) is 8.00. The largest absolute Gasteiger partial charge is 0.352 e. The Morgan fingerprint density at radius 2 is 2.12 bits per heavy atom. The van der Waals surface area contributed by atoms with Crippen LogP contribution in [0.5, 0.6) is 0 Å². The Morgan fingerprint density at radius 3 is 2.83 bits per heavy atom. The van der Waals surface area contributed by atoms with Gasteiger partial charge in [0.2, 0.25) is 5.91 Å². The summed E-state index contributed by atoms with van der Waals surface area (Å²) in [7, 11) is 0. The second-order valence-corrected chi connectivity index (χ2v) is 5.76. The summed E-state index contributed by atoms with van der Waals surface area (Å²) in [5.74, 6) is -0.383. The molecular weight excluding hydrogens is 311 g/mol. The van der Waals surface area contributed by atoms with Gasteiger partial charge in [-0.05, 0) is 37.1 Å². The van der Waals surface area contributed by atoms with E-state index in [0.29, 0.717) is 42.8 Å². The zero-order chi connectivity index (χ0) is 16.9. The third kappa shape index (κ3) is 3.61. The van der Waals surface area contributed by atoms with Crippen LogP contribution in [0.4, 0.5) is 4.39 Å². The SMILES string of the molecule is O=C(NCCCN1CCCC1=O)c1cn[nH]c1-c1ccc(F)cc1. The summed E-state index contributed by atoms with van der Waals surface area (Å²) >= 11 is 0. The van der Waals surface area contributed by atoms with E-state index in [0.717, 1.165) is 13.0 Å². The maximum atomic E-state index is 13.0. The number of benzene rings is 1. The fraction of sp³-hybridized carbons (Fsp3) is 0.353. The number of amides is 2. The summed E-state index contributed by atoms with van der Waals surface area (Å²) in [6, 6.07) is 5.87. The van der Waals surface area contributed by atoms with Crippen LogP contribution in [-0.2, 0) is 4.79 Å². The van der Waals surface area contributed by atoms with Crippen LogP contribution in [-0.4, -0.2) is 46.5 Å². The van der Waals surface area contributed by atoms with Gasteiger partial charge in [0.05, 0.1) is 17.5 Å². The predicted molar refractivity (Wildman–Crippen MR) is 86.7 cm³/mol. The van der Waals surface area contributed by atoms with Crippen molar-refractivity contribution in [2.75, 3.05) is 19.6 Å². The Bertz CT molecular complexity index is 726. The summed E-state index contributed by atoms with van der Waals surface area (Å²) in [6.07, 6.45) is 3.71. The van der Waals surface area contributed by atoms with E-state index in [2.05, 4.69) is 15.5 Å². The number of halogens is 1. The van der Waals surface area contributed by atoms with Crippen molar-refractivity contribution in [2.24, 2.45) is 0 Å². The number of hydrogen-bond acceptors (Lipinski definition) is 3. The molecule has 1 aromatic carbocycles. The fourth-order valence-corrected chi connectivity index (χ4v) is 2.80. The van der Waals surface area contributed by atoms with Crippen LogP contribution in [0, 0.1) is 5.82 Å². The molecule has 1 fully saturated rings. The van der Waals surface area contributed by atoms with Crippen molar-refractivity contribution in [2.45, 2.75) is 19.3 Å². The highest BCUT2D eigenvalue weighted by molar-refractivity contribution is 5.99. The molecule has 6 nitrogen and oxygen atoms in total. The van der Waals surface area contributed by atoms with Crippen LogP contribution in [0.15, 0.2) is 30.5 Å². The predicted octanol–water partition coefficient (Wildman–Crippen LogP) is 1.96. The highest BCUT2D eigenvalue weighted by Crippen LogP contribution is 2.21. The van der Waals surface area contributed by atoms with Crippen molar-refractivity contribution in [3.05, 3.63) is 41.8 Å². The molecule has 2 aromatic rings. The number of nitrogens with one attached hydrogen (secondary N) is 2. The molecule has 3 rings (SSSR count). The molecule has 24 heavy (non-hydrogen) atoms. The highest BCUT2D eigenvalue weighted by atomic mass is 19.1. The molecule has 126 valence electrons. The number of carbonyl (C=O) groups is 2. The van der Waals surface area contributed by atoms with Crippen LogP contribution in [0.2, 0.25) is 0 Å². The Hall–Kier alpha value is -2.70. The molecule has 1 aliphatic heterocycles. The van der Waals surface area contributed by atoms with Gasteiger partial charge in [-0.25, -0.2) is 4.39 Å². The van der Waals surface area contributed by atoms with Crippen molar-refractivity contribution >= 4 is 11.8 Å². The van der Waals surface area contributed by atoms with Gasteiger partial charge < -0.3 is 10.2 Å². The molecule has 1 saturated heterocycles. The fourth-order valence-electron chi connectivity index (χ4n) is 2.80.